The van der Waals surface area contributed by atoms with Crippen molar-refractivity contribution in [1.82, 2.24) is 14.5 Å². The first kappa shape index (κ1) is 14.7. The fourth-order valence-electron chi connectivity index (χ4n) is 1.98. The Labute approximate surface area is 126 Å². The lowest BCUT2D eigenvalue weighted by Gasteiger charge is -2.16. The van der Waals surface area contributed by atoms with Crippen molar-refractivity contribution in [2.75, 3.05) is 33.9 Å². The first-order valence-corrected chi connectivity index (χ1v) is 7.37. The normalized spacial score (nSPS) is 11.6. The van der Waals surface area contributed by atoms with Crippen LogP contribution in [0.1, 0.15) is 0 Å². The van der Waals surface area contributed by atoms with Crippen LogP contribution in [0.15, 0.2) is 22.7 Å². The Morgan fingerprint density at radius 1 is 1.42 bits per heavy atom. The zero-order chi connectivity index (χ0) is 13.8. The van der Waals surface area contributed by atoms with Gasteiger partial charge in [-0.25, -0.2) is 0 Å². The van der Waals surface area contributed by atoms with Gasteiger partial charge in [-0.3, -0.25) is 0 Å². The van der Waals surface area contributed by atoms with Crippen molar-refractivity contribution in [2.45, 2.75) is 6.54 Å². The molecule has 0 radical (unpaired) electrons. The van der Waals surface area contributed by atoms with Crippen LogP contribution in [0.5, 0.6) is 0 Å². The van der Waals surface area contributed by atoms with Gasteiger partial charge in [0.15, 0.2) is 4.77 Å². The van der Waals surface area contributed by atoms with E-state index in [9.17, 15) is 0 Å². The molecule has 19 heavy (non-hydrogen) atoms. The second-order valence-electron chi connectivity index (χ2n) is 4.54. The smallest absolute Gasteiger partial charge is 0.178 e. The summed E-state index contributed by atoms with van der Waals surface area (Å²) in [6.45, 7) is 3.49. The molecular formula is C13H18BrN3OS. The molecule has 1 aromatic carbocycles. The number of fused-ring (bicyclic) bond motifs is 1. The maximum atomic E-state index is 5.38. The molecule has 0 spiro atoms. The Balaban J connectivity index is 2.14. The van der Waals surface area contributed by atoms with Crippen LogP contribution in [0.3, 0.4) is 0 Å². The van der Waals surface area contributed by atoms with Crippen LogP contribution in [0.2, 0.25) is 0 Å². The molecular weight excluding hydrogens is 326 g/mol. The van der Waals surface area contributed by atoms with E-state index >= 15 is 0 Å². The summed E-state index contributed by atoms with van der Waals surface area (Å²) in [5.74, 6) is 0. The van der Waals surface area contributed by atoms with Gasteiger partial charge in [0.05, 0.1) is 17.6 Å². The molecule has 4 nitrogen and oxygen atoms in total. The molecule has 0 unspecified atom stereocenters. The molecule has 6 heteroatoms. The molecule has 0 saturated carbocycles. The third kappa shape index (κ3) is 3.66. The molecule has 0 aliphatic heterocycles. The second kappa shape index (κ2) is 6.65. The zero-order valence-electron chi connectivity index (χ0n) is 11.1. The number of nitrogens with one attached hydrogen (secondary N) is 1. The average molecular weight is 344 g/mol. The summed E-state index contributed by atoms with van der Waals surface area (Å²) in [4.78, 5) is 5.47. The first-order valence-electron chi connectivity index (χ1n) is 6.17. The highest BCUT2D eigenvalue weighted by molar-refractivity contribution is 9.10. The van der Waals surface area contributed by atoms with Crippen molar-refractivity contribution >= 4 is 39.2 Å². The van der Waals surface area contributed by atoms with E-state index in [1.807, 2.05) is 12.1 Å². The summed E-state index contributed by atoms with van der Waals surface area (Å²) >= 11 is 8.89. The lowest BCUT2D eigenvalue weighted by atomic mass is 10.3. The Morgan fingerprint density at radius 3 is 2.95 bits per heavy atom. The number of methoxy groups -OCH3 is 1. The van der Waals surface area contributed by atoms with Gasteiger partial charge in [-0.05, 0) is 37.5 Å². The van der Waals surface area contributed by atoms with Crippen LogP contribution in [0.4, 0.5) is 0 Å². The third-order valence-electron chi connectivity index (χ3n) is 3.12. The van der Waals surface area contributed by atoms with Gasteiger partial charge in [0.2, 0.25) is 0 Å². The minimum Gasteiger partial charge on any atom is -0.383 e. The molecule has 1 N–H and O–H groups in total. The van der Waals surface area contributed by atoms with E-state index in [1.54, 1.807) is 7.11 Å². The lowest BCUT2D eigenvalue weighted by Crippen LogP contribution is -2.26. The van der Waals surface area contributed by atoms with Crippen molar-refractivity contribution in [3.63, 3.8) is 0 Å². The number of hydrogen-bond acceptors (Lipinski definition) is 3. The molecule has 0 atom stereocenters. The lowest BCUT2D eigenvalue weighted by molar-refractivity contribution is 0.159. The molecule has 0 amide bonds. The van der Waals surface area contributed by atoms with Crippen LogP contribution < -0.4 is 0 Å². The van der Waals surface area contributed by atoms with E-state index in [2.05, 4.69) is 43.5 Å². The van der Waals surface area contributed by atoms with Gasteiger partial charge in [-0.15, -0.1) is 0 Å². The van der Waals surface area contributed by atoms with Crippen molar-refractivity contribution in [1.29, 1.82) is 0 Å². The highest BCUT2D eigenvalue weighted by Gasteiger charge is 2.06. The van der Waals surface area contributed by atoms with Gasteiger partial charge in [-0.2, -0.15) is 0 Å². The standard InChI is InChI=1S/C13H18BrN3OS/c1-16(7-8-18-2)5-6-17-12-9-10(14)3-4-11(12)15-13(17)19/h3-4,9H,5-8H2,1-2H3,(H,15,19). The van der Waals surface area contributed by atoms with Crippen molar-refractivity contribution in [3.05, 3.63) is 27.4 Å². The summed E-state index contributed by atoms with van der Waals surface area (Å²) in [5, 5.41) is 0. The molecule has 104 valence electrons. The number of rotatable bonds is 6. The summed E-state index contributed by atoms with van der Waals surface area (Å²) in [6, 6.07) is 6.15. The maximum Gasteiger partial charge on any atom is 0.178 e. The number of H-pyrrole nitrogens is 1. The monoisotopic (exact) mass is 343 g/mol. The molecule has 2 aromatic rings. The largest absolute Gasteiger partial charge is 0.383 e. The minimum atomic E-state index is 0.751. The number of aromatic amines is 1. The average Bonchev–Trinajstić information content (AvgIpc) is 2.69. The quantitative estimate of drug-likeness (QED) is 0.818. The van der Waals surface area contributed by atoms with Gasteiger partial charge < -0.3 is 19.2 Å². The molecule has 0 aliphatic carbocycles. The predicted molar refractivity (Wildman–Crippen MR) is 84.2 cm³/mol. The topological polar surface area (TPSA) is 33.2 Å². The first-order chi connectivity index (χ1) is 9.11. The Morgan fingerprint density at radius 2 is 2.21 bits per heavy atom. The van der Waals surface area contributed by atoms with E-state index in [1.165, 1.54) is 0 Å². The summed E-state index contributed by atoms with van der Waals surface area (Å²) in [7, 11) is 3.81. The van der Waals surface area contributed by atoms with Crippen LogP contribution >= 0.6 is 28.1 Å². The van der Waals surface area contributed by atoms with Crippen LogP contribution in [-0.2, 0) is 11.3 Å². The predicted octanol–water partition coefficient (Wildman–Crippen LogP) is 3.04. The SMILES string of the molecule is COCCN(C)CCn1c(=S)[nH]c2ccc(Br)cc21. The van der Waals surface area contributed by atoms with E-state index in [0.29, 0.717) is 0 Å². The van der Waals surface area contributed by atoms with Crippen LogP contribution in [0.25, 0.3) is 11.0 Å². The summed E-state index contributed by atoms with van der Waals surface area (Å²) < 4.78 is 9.05. The van der Waals surface area contributed by atoms with Crippen molar-refractivity contribution in [3.8, 4) is 0 Å². The minimum absolute atomic E-state index is 0.751. The van der Waals surface area contributed by atoms with Gasteiger partial charge in [0, 0.05) is 31.2 Å². The number of benzene rings is 1. The second-order valence-corrected chi connectivity index (χ2v) is 5.84. The van der Waals surface area contributed by atoms with Gasteiger partial charge >= 0.3 is 0 Å². The summed E-state index contributed by atoms with van der Waals surface area (Å²) in [6.07, 6.45) is 0. The molecule has 0 bridgehead atoms. The van der Waals surface area contributed by atoms with Crippen molar-refractivity contribution in [2.24, 2.45) is 0 Å². The fraction of sp³-hybridized carbons (Fsp3) is 0.462. The van der Waals surface area contributed by atoms with Crippen LogP contribution in [-0.4, -0.2) is 48.3 Å². The molecule has 1 heterocycles. The Hall–Kier alpha value is -0.690. The van der Waals surface area contributed by atoms with E-state index in [4.69, 9.17) is 17.0 Å². The number of aromatic nitrogens is 2. The molecule has 1 aromatic heterocycles. The maximum absolute atomic E-state index is 5.38. The molecule has 0 aliphatic rings. The zero-order valence-corrected chi connectivity index (χ0v) is 13.6. The number of nitrogens with zero attached hydrogens (tertiary/aromatic N) is 2. The number of halogens is 1. The Bertz CT molecular complexity index is 607. The van der Waals surface area contributed by atoms with E-state index in [-0.39, 0.29) is 0 Å². The third-order valence-corrected chi connectivity index (χ3v) is 3.94. The van der Waals surface area contributed by atoms with Crippen LogP contribution in [0, 0.1) is 4.77 Å². The van der Waals surface area contributed by atoms with E-state index < -0.39 is 0 Å². The molecule has 0 saturated heterocycles. The van der Waals surface area contributed by atoms with Gasteiger partial charge in [0.25, 0.3) is 0 Å². The number of hydrogen-bond donors (Lipinski definition) is 1. The number of likely N-dealkylation sites (N-methyl/N-ethyl adjacent to an activating group) is 1. The Kier molecular flexibility index (Phi) is 5.15. The van der Waals surface area contributed by atoms with E-state index in [0.717, 1.165) is 46.5 Å². The highest BCUT2D eigenvalue weighted by atomic mass is 79.9. The van der Waals surface area contributed by atoms with Crippen molar-refractivity contribution < 1.29 is 4.74 Å². The fourth-order valence-corrected chi connectivity index (χ4v) is 2.63. The number of ether oxygens (including phenoxy) is 1. The summed E-state index contributed by atoms with van der Waals surface area (Å²) in [5.41, 5.74) is 2.22. The molecule has 0 fully saturated rings. The highest BCUT2D eigenvalue weighted by Crippen LogP contribution is 2.19. The van der Waals surface area contributed by atoms with Gasteiger partial charge in [0.1, 0.15) is 0 Å². The van der Waals surface area contributed by atoms with Gasteiger partial charge in [-0.1, -0.05) is 15.9 Å². The number of imidazole rings is 1. The molecule has 2 rings (SSSR count).